The third-order valence-corrected chi connectivity index (χ3v) is 6.70. The number of sulfonamides is 1. The quantitative estimate of drug-likeness (QED) is 0.508. The van der Waals surface area contributed by atoms with Gasteiger partial charge in [-0.2, -0.15) is 5.10 Å². The van der Waals surface area contributed by atoms with Crippen LogP contribution in [0.25, 0.3) is 11.3 Å². The lowest BCUT2D eigenvalue weighted by Crippen LogP contribution is -2.41. The highest BCUT2D eigenvalue weighted by Crippen LogP contribution is 2.24. The topological polar surface area (TPSA) is 138 Å². The average molecular weight is 488 g/mol. The van der Waals surface area contributed by atoms with Crippen LogP contribution in [0.1, 0.15) is 23.3 Å². The molecule has 0 unspecified atom stereocenters. The van der Waals surface area contributed by atoms with Crippen LogP contribution in [-0.4, -0.2) is 48.4 Å². The van der Waals surface area contributed by atoms with E-state index in [4.69, 9.17) is 16.7 Å². The molecule has 11 heteroatoms. The van der Waals surface area contributed by atoms with Crippen LogP contribution in [-0.2, 0) is 14.8 Å². The van der Waals surface area contributed by atoms with Crippen LogP contribution in [0.5, 0.6) is 0 Å². The SMILES string of the molecule is NS(=O)(=O)c1ccc(NC(=O)C2CCN(C(=O)c3cc(-c4cccc(Cl)c4)n[nH]3)CC2)cc1. The molecule has 1 aliphatic heterocycles. The Kier molecular flexibility index (Phi) is 6.50. The summed E-state index contributed by atoms with van der Waals surface area (Å²) in [7, 11) is -3.79. The van der Waals surface area contributed by atoms with Gasteiger partial charge in [0, 0.05) is 35.3 Å². The fourth-order valence-corrected chi connectivity index (χ4v) is 4.42. The smallest absolute Gasteiger partial charge is 0.271 e. The number of hydrogen-bond donors (Lipinski definition) is 3. The summed E-state index contributed by atoms with van der Waals surface area (Å²) in [6.45, 7) is 0.875. The van der Waals surface area contributed by atoms with Crippen molar-refractivity contribution >= 4 is 39.1 Å². The van der Waals surface area contributed by atoms with Gasteiger partial charge < -0.3 is 10.2 Å². The minimum absolute atomic E-state index is 0.0235. The van der Waals surface area contributed by atoms with Gasteiger partial charge in [-0.3, -0.25) is 14.7 Å². The average Bonchev–Trinajstić information content (AvgIpc) is 3.29. The lowest BCUT2D eigenvalue weighted by atomic mass is 9.95. The molecule has 1 fully saturated rings. The van der Waals surface area contributed by atoms with Crippen LogP contribution in [0.4, 0.5) is 5.69 Å². The number of hydrogen-bond acceptors (Lipinski definition) is 5. The maximum Gasteiger partial charge on any atom is 0.271 e. The Balaban J connectivity index is 1.33. The first-order valence-corrected chi connectivity index (χ1v) is 12.2. The predicted molar refractivity (Wildman–Crippen MR) is 124 cm³/mol. The molecule has 4 rings (SSSR count). The number of nitrogens with two attached hydrogens (primary N) is 1. The van der Waals surface area contributed by atoms with Crippen LogP contribution in [0, 0.1) is 5.92 Å². The molecule has 3 aromatic rings. The first-order valence-electron chi connectivity index (χ1n) is 10.2. The molecule has 1 aromatic heterocycles. The lowest BCUT2D eigenvalue weighted by Gasteiger charge is -2.31. The molecule has 4 N–H and O–H groups in total. The van der Waals surface area contributed by atoms with Crippen molar-refractivity contribution < 1.29 is 18.0 Å². The summed E-state index contributed by atoms with van der Waals surface area (Å²) in [5, 5.41) is 15.5. The number of aromatic nitrogens is 2. The third-order valence-electron chi connectivity index (χ3n) is 5.53. The van der Waals surface area contributed by atoms with E-state index in [9.17, 15) is 18.0 Å². The Morgan fingerprint density at radius 3 is 2.42 bits per heavy atom. The molecule has 0 atom stereocenters. The van der Waals surface area contributed by atoms with Crippen molar-refractivity contribution in [2.45, 2.75) is 17.7 Å². The minimum Gasteiger partial charge on any atom is -0.337 e. The molecule has 1 saturated heterocycles. The number of primary sulfonamides is 1. The summed E-state index contributed by atoms with van der Waals surface area (Å²) in [6.07, 6.45) is 1.03. The maximum absolute atomic E-state index is 12.9. The van der Waals surface area contributed by atoms with E-state index < -0.39 is 10.0 Å². The molecular weight excluding hydrogens is 466 g/mol. The fraction of sp³-hybridized carbons (Fsp3) is 0.227. The molecule has 0 spiro atoms. The number of likely N-dealkylation sites (tertiary alicyclic amines) is 1. The molecule has 9 nitrogen and oxygen atoms in total. The van der Waals surface area contributed by atoms with Crippen molar-refractivity contribution in [3.63, 3.8) is 0 Å². The summed E-state index contributed by atoms with van der Waals surface area (Å²) >= 11 is 6.03. The Morgan fingerprint density at radius 1 is 1.09 bits per heavy atom. The molecule has 0 radical (unpaired) electrons. The first kappa shape index (κ1) is 23.0. The molecule has 0 aliphatic carbocycles. The molecule has 1 aliphatic rings. The molecule has 0 saturated carbocycles. The van der Waals surface area contributed by atoms with Crippen LogP contribution in [0.3, 0.4) is 0 Å². The van der Waals surface area contributed by atoms with Crippen LogP contribution in [0.15, 0.2) is 59.5 Å². The van der Waals surface area contributed by atoms with Crippen molar-refractivity contribution in [1.29, 1.82) is 0 Å². The van der Waals surface area contributed by atoms with E-state index in [1.165, 1.54) is 24.3 Å². The van der Waals surface area contributed by atoms with Gasteiger partial charge in [0.1, 0.15) is 5.69 Å². The number of anilines is 1. The number of carbonyl (C=O) groups excluding carboxylic acids is 2. The van der Waals surface area contributed by atoms with Crippen LogP contribution < -0.4 is 10.5 Å². The zero-order chi connectivity index (χ0) is 23.6. The first-order chi connectivity index (χ1) is 15.7. The number of carbonyl (C=O) groups is 2. The molecule has 0 bridgehead atoms. The molecule has 2 aromatic carbocycles. The monoisotopic (exact) mass is 487 g/mol. The fourth-order valence-electron chi connectivity index (χ4n) is 3.71. The molecular formula is C22H22ClN5O4S. The Hall–Kier alpha value is -3.21. The molecule has 33 heavy (non-hydrogen) atoms. The number of piperidine rings is 1. The van der Waals surface area contributed by atoms with Crippen molar-refractivity contribution in [3.05, 3.63) is 65.3 Å². The van der Waals surface area contributed by atoms with E-state index in [2.05, 4.69) is 15.5 Å². The second kappa shape index (κ2) is 9.34. The van der Waals surface area contributed by atoms with Gasteiger partial charge in [-0.05, 0) is 55.3 Å². The largest absolute Gasteiger partial charge is 0.337 e. The molecule has 172 valence electrons. The highest BCUT2D eigenvalue weighted by atomic mass is 35.5. The van der Waals surface area contributed by atoms with E-state index in [0.717, 1.165) is 5.56 Å². The normalized spacial score (nSPS) is 14.8. The standard InChI is InChI=1S/C22H22ClN5O4S/c23-16-3-1-2-15(12-16)19-13-20(27-26-19)22(30)28-10-8-14(9-11-28)21(29)25-17-4-6-18(7-5-17)33(24,31)32/h1-7,12-14H,8-11H2,(H,25,29)(H,26,27)(H2,24,31,32). The van der Waals surface area contributed by atoms with Crippen LogP contribution in [0.2, 0.25) is 5.02 Å². The number of H-pyrrole nitrogens is 1. The Bertz CT molecular complexity index is 1280. The number of amides is 2. The van der Waals surface area contributed by atoms with Crippen LogP contribution >= 0.6 is 11.6 Å². The highest BCUT2D eigenvalue weighted by molar-refractivity contribution is 7.89. The number of nitrogens with zero attached hydrogens (tertiary/aromatic N) is 2. The van der Waals surface area contributed by atoms with E-state index in [0.29, 0.717) is 48.0 Å². The third kappa shape index (κ3) is 5.41. The summed E-state index contributed by atoms with van der Waals surface area (Å²) in [5.41, 5.74) is 2.30. The number of aromatic amines is 1. The molecule has 2 heterocycles. The van der Waals surface area contributed by atoms with E-state index in [1.54, 1.807) is 23.1 Å². The zero-order valence-corrected chi connectivity index (χ0v) is 19.1. The summed E-state index contributed by atoms with van der Waals surface area (Å²) in [6, 6.07) is 14.6. The summed E-state index contributed by atoms with van der Waals surface area (Å²) in [5.74, 6) is -0.598. The second-order valence-corrected chi connectivity index (χ2v) is 9.80. The minimum atomic E-state index is -3.79. The van der Waals surface area contributed by atoms with Gasteiger partial charge in [-0.25, -0.2) is 13.6 Å². The maximum atomic E-state index is 12.9. The predicted octanol–water partition coefficient (Wildman–Crippen LogP) is 2.87. The van der Waals surface area contributed by atoms with Crippen molar-refractivity contribution in [1.82, 2.24) is 15.1 Å². The second-order valence-electron chi connectivity index (χ2n) is 7.80. The highest BCUT2D eigenvalue weighted by Gasteiger charge is 2.28. The number of rotatable bonds is 5. The van der Waals surface area contributed by atoms with E-state index in [-0.39, 0.29) is 22.6 Å². The van der Waals surface area contributed by atoms with Gasteiger partial charge in [0.25, 0.3) is 5.91 Å². The number of halogens is 1. The van der Waals surface area contributed by atoms with Gasteiger partial charge in [-0.1, -0.05) is 23.7 Å². The van der Waals surface area contributed by atoms with Crippen molar-refractivity contribution in [2.75, 3.05) is 18.4 Å². The van der Waals surface area contributed by atoms with Gasteiger partial charge in [0.2, 0.25) is 15.9 Å². The Labute approximate surface area is 196 Å². The number of benzene rings is 2. The summed E-state index contributed by atoms with van der Waals surface area (Å²) in [4.78, 5) is 27.1. The lowest BCUT2D eigenvalue weighted by molar-refractivity contribution is -0.121. The Morgan fingerprint density at radius 2 is 1.79 bits per heavy atom. The zero-order valence-electron chi connectivity index (χ0n) is 17.5. The van der Waals surface area contributed by atoms with Gasteiger partial charge >= 0.3 is 0 Å². The van der Waals surface area contributed by atoms with E-state index in [1.807, 2.05) is 12.1 Å². The van der Waals surface area contributed by atoms with Gasteiger partial charge in [-0.15, -0.1) is 0 Å². The van der Waals surface area contributed by atoms with Crippen molar-refractivity contribution in [3.8, 4) is 11.3 Å². The van der Waals surface area contributed by atoms with Gasteiger partial charge in [0.05, 0.1) is 10.6 Å². The molecule has 2 amide bonds. The summed E-state index contributed by atoms with van der Waals surface area (Å²) < 4.78 is 22.7. The van der Waals surface area contributed by atoms with Crippen molar-refractivity contribution in [2.24, 2.45) is 11.1 Å². The van der Waals surface area contributed by atoms with E-state index >= 15 is 0 Å². The number of nitrogens with one attached hydrogen (secondary N) is 2. The van der Waals surface area contributed by atoms with Gasteiger partial charge in [0.15, 0.2) is 0 Å².